The predicted molar refractivity (Wildman–Crippen MR) is 69.2 cm³/mol. The topological polar surface area (TPSA) is 44.5 Å². The fourth-order valence-electron chi connectivity index (χ4n) is 1.33. The molecule has 1 rings (SSSR count). The zero-order valence-electron chi connectivity index (χ0n) is 9.86. The number of rotatable bonds is 7. The fraction of sp³-hybridized carbons (Fsp3) is 0.500. The first-order valence-corrected chi connectivity index (χ1v) is 6.31. The van der Waals surface area contributed by atoms with Crippen molar-refractivity contribution in [1.82, 2.24) is 0 Å². The van der Waals surface area contributed by atoms with E-state index in [1.165, 1.54) is 0 Å². The minimum Gasteiger partial charge on any atom is -0.496 e. The molecule has 0 saturated carbocycles. The maximum Gasteiger partial charge on any atom is 0.134 e. The molecule has 0 fully saturated rings. The van der Waals surface area contributed by atoms with Crippen LogP contribution in [0, 0.1) is 0 Å². The predicted octanol–water partition coefficient (Wildman–Crippen LogP) is 2.80. The Hall–Kier alpha value is -0.870. The Bertz CT molecular complexity index is 318. The molecule has 1 aromatic carbocycles. The van der Waals surface area contributed by atoms with E-state index in [-0.39, 0.29) is 0 Å². The number of nitrogen functional groups attached to an aromatic ring is 1. The lowest BCUT2D eigenvalue weighted by Gasteiger charge is -2.08. The van der Waals surface area contributed by atoms with Gasteiger partial charge in [-0.3, -0.25) is 0 Å². The number of hydrogen-bond acceptors (Lipinski definition) is 4. The molecule has 0 aliphatic rings. The fourth-order valence-corrected chi connectivity index (χ4v) is 2.35. The van der Waals surface area contributed by atoms with E-state index in [0.29, 0.717) is 0 Å². The second-order valence-electron chi connectivity index (χ2n) is 3.46. The number of hydrogen-bond donors (Lipinski definition) is 1. The lowest BCUT2D eigenvalue weighted by molar-refractivity contribution is 0.194. The van der Waals surface area contributed by atoms with Crippen LogP contribution in [0.25, 0.3) is 0 Å². The lowest BCUT2D eigenvalue weighted by atomic mass is 10.3. The van der Waals surface area contributed by atoms with Gasteiger partial charge in [-0.2, -0.15) is 0 Å². The summed E-state index contributed by atoms with van der Waals surface area (Å²) >= 11 is 1.79. The molecule has 3 nitrogen and oxygen atoms in total. The van der Waals surface area contributed by atoms with Crippen LogP contribution in [0.5, 0.6) is 5.75 Å². The van der Waals surface area contributed by atoms with Gasteiger partial charge in [-0.1, -0.05) is 0 Å². The maximum absolute atomic E-state index is 5.69. The van der Waals surface area contributed by atoms with E-state index < -0.39 is 0 Å². The molecule has 0 atom stereocenters. The SMILES string of the molecule is COCCCCSc1ccc(N)cc1OC. The van der Waals surface area contributed by atoms with Gasteiger partial charge in [0, 0.05) is 30.4 Å². The second kappa shape index (κ2) is 7.41. The van der Waals surface area contributed by atoms with E-state index in [9.17, 15) is 0 Å². The summed E-state index contributed by atoms with van der Waals surface area (Å²) < 4.78 is 10.3. The monoisotopic (exact) mass is 241 g/mol. The van der Waals surface area contributed by atoms with Gasteiger partial charge in [0.1, 0.15) is 5.75 Å². The Morgan fingerprint density at radius 1 is 1.25 bits per heavy atom. The van der Waals surface area contributed by atoms with Crippen LogP contribution < -0.4 is 10.5 Å². The Morgan fingerprint density at radius 3 is 2.75 bits per heavy atom. The zero-order valence-corrected chi connectivity index (χ0v) is 10.7. The quantitative estimate of drug-likeness (QED) is 0.453. The van der Waals surface area contributed by atoms with Crippen LogP contribution in [0.3, 0.4) is 0 Å². The van der Waals surface area contributed by atoms with Crippen molar-refractivity contribution in [2.45, 2.75) is 17.7 Å². The van der Waals surface area contributed by atoms with Crippen LogP contribution in [0.2, 0.25) is 0 Å². The maximum atomic E-state index is 5.69. The summed E-state index contributed by atoms with van der Waals surface area (Å²) in [6, 6.07) is 5.77. The van der Waals surface area contributed by atoms with E-state index in [4.69, 9.17) is 15.2 Å². The van der Waals surface area contributed by atoms with E-state index in [1.54, 1.807) is 26.0 Å². The molecule has 90 valence electrons. The van der Waals surface area contributed by atoms with Crippen LogP contribution in [0.4, 0.5) is 5.69 Å². The van der Waals surface area contributed by atoms with Crippen molar-refractivity contribution in [2.75, 3.05) is 32.3 Å². The zero-order chi connectivity index (χ0) is 11.8. The smallest absolute Gasteiger partial charge is 0.134 e. The molecule has 4 heteroatoms. The second-order valence-corrected chi connectivity index (χ2v) is 4.60. The number of benzene rings is 1. The Morgan fingerprint density at radius 2 is 2.06 bits per heavy atom. The van der Waals surface area contributed by atoms with E-state index in [0.717, 1.165) is 41.5 Å². The number of nitrogens with two attached hydrogens (primary N) is 1. The van der Waals surface area contributed by atoms with Crippen LogP contribution >= 0.6 is 11.8 Å². The molecule has 0 aromatic heterocycles. The Labute approximate surface area is 101 Å². The number of ether oxygens (including phenoxy) is 2. The molecule has 0 heterocycles. The van der Waals surface area contributed by atoms with Gasteiger partial charge in [0.05, 0.1) is 7.11 Å². The van der Waals surface area contributed by atoms with Crippen molar-refractivity contribution < 1.29 is 9.47 Å². The molecule has 0 saturated heterocycles. The summed E-state index contributed by atoms with van der Waals surface area (Å²) in [6.45, 7) is 0.833. The Kier molecular flexibility index (Phi) is 6.11. The van der Waals surface area contributed by atoms with Gasteiger partial charge in [-0.05, 0) is 30.7 Å². The number of methoxy groups -OCH3 is 2. The van der Waals surface area contributed by atoms with Gasteiger partial charge >= 0.3 is 0 Å². The first-order valence-electron chi connectivity index (χ1n) is 5.33. The highest BCUT2D eigenvalue weighted by molar-refractivity contribution is 7.99. The van der Waals surface area contributed by atoms with Crippen molar-refractivity contribution in [3.8, 4) is 5.75 Å². The highest BCUT2D eigenvalue weighted by atomic mass is 32.2. The molecule has 2 N–H and O–H groups in total. The number of anilines is 1. The summed E-state index contributed by atoms with van der Waals surface area (Å²) in [5.74, 6) is 1.93. The van der Waals surface area contributed by atoms with Crippen molar-refractivity contribution in [1.29, 1.82) is 0 Å². The molecule has 0 bridgehead atoms. The minimum atomic E-state index is 0.737. The normalized spacial score (nSPS) is 10.4. The summed E-state index contributed by atoms with van der Waals surface area (Å²) in [4.78, 5) is 1.15. The molecule has 0 aliphatic carbocycles. The highest BCUT2D eigenvalue weighted by Gasteiger charge is 2.03. The molecular weight excluding hydrogens is 222 g/mol. The minimum absolute atomic E-state index is 0.737. The number of thioether (sulfide) groups is 1. The van der Waals surface area contributed by atoms with Crippen molar-refractivity contribution in [2.24, 2.45) is 0 Å². The third-order valence-corrected chi connectivity index (χ3v) is 3.33. The van der Waals surface area contributed by atoms with Crippen LogP contribution in [0.1, 0.15) is 12.8 Å². The first-order chi connectivity index (χ1) is 7.77. The third kappa shape index (κ3) is 4.33. The summed E-state index contributed by atoms with van der Waals surface area (Å²) in [7, 11) is 3.40. The van der Waals surface area contributed by atoms with Crippen LogP contribution in [-0.4, -0.2) is 26.6 Å². The molecule has 1 aromatic rings. The van der Waals surface area contributed by atoms with Gasteiger partial charge in [-0.25, -0.2) is 0 Å². The van der Waals surface area contributed by atoms with Gasteiger partial charge in [0.25, 0.3) is 0 Å². The molecule has 0 spiro atoms. The molecule has 0 unspecified atom stereocenters. The molecule has 0 amide bonds. The van der Waals surface area contributed by atoms with Gasteiger partial charge in [0.15, 0.2) is 0 Å². The lowest BCUT2D eigenvalue weighted by Crippen LogP contribution is -1.92. The van der Waals surface area contributed by atoms with Crippen molar-refractivity contribution in [3.05, 3.63) is 18.2 Å². The van der Waals surface area contributed by atoms with Crippen LogP contribution in [0.15, 0.2) is 23.1 Å². The van der Waals surface area contributed by atoms with E-state index in [1.807, 2.05) is 18.2 Å². The standard InChI is InChI=1S/C12H19NO2S/c1-14-7-3-4-8-16-12-6-5-10(13)9-11(12)15-2/h5-6,9H,3-4,7-8,13H2,1-2H3. The van der Waals surface area contributed by atoms with Crippen molar-refractivity contribution in [3.63, 3.8) is 0 Å². The number of unbranched alkanes of at least 4 members (excludes halogenated alkanes) is 1. The molecule has 16 heavy (non-hydrogen) atoms. The Balaban J connectivity index is 2.41. The first kappa shape index (κ1) is 13.2. The summed E-state index contributed by atoms with van der Waals surface area (Å²) in [6.07, 6.45) is 2.24. The van der Waals surface area contributed by atoms with E-state index >= 15 is 0 Å². The largest absolute Gasteiger partial charge is 0.496 e. The summed E-state index contributed by atoms with van der Waals surface area (Å²) in [5.41, 5.74) is 6.43. The average Bonchev–Trinajstić information content (AvgIpc) is 2.30. The van der Waals surface area contributed by atoms with Gasteiger partial charge in [-0.15, -0.1) is 11.8 Å². The molecule has 0 aliphatic heterocycles. The summed E-state index contributed by atoms with van der Waals surface area (Å²) in [5, 5.41) is 0. The van der Waals surface area contributed by atoms with Crippen LogP contribution in [-0.2, 0) is 4.74 Å². The average molecular weight is 241 g/mol. The van der Waals surface area contributed by atoms with E-state index in [2.05, 4.69) is 0 Å². The third-order valence-electron chi connectivity index (χ3n) is 2.19. The van der Waals surface area contributed by atoms with Gasteiger partial charge < -0.3 is 15.2 Å². The van der Waals surface area contributed by atoms with Crippen molar-refractivity contribution >= 4 is 17.4 Å². The molecular formula is C12H19NO2S. The highest BCUT2D eigenvalue weighted by Crippen LogP contribution is 2.31. The van der Waals surface area contributed by atoms with Gasteiger partial charge in [0.2, 0.25) is 0 Å². The molecule has 0 radical (unpaired) electrons.